The third-order valence-electron chi connectivity index (χ3n) is 7.25. The van der Waals surface area contributed by atoms with Crippen molar-refractivity contribution in [2.24, 2.45) is 0 Å². The molecule has 1 aliphatic rings. The van der Waals surface area contributed by atoms with Crippen LogP contribution in [-0.4, -0.2) is 72.6 Å². The zero-order chi connectivity index (χ0) is 29.8. The molecule has 2 aromatic rings. The fraction of sp³-hybridized carbons (Fsp3) is 0.515. The number of hydrogen-bond acceptors (Lipinski definition) is 7. The van der Waals surface area contributed by atoms with Gasteiger partial charge in [-0.1, -0.05) is 40.2 Å². The number of carbonyl (C=O) groups excluding carboxylic acids is 2. The van der Waals surface area contributed by atoms with Crippen molar-refractivity contribution in [3.8, 4) is 17.2 Å². The first-order valence-electron chi connectivity index (χ1n) is 15.0. The van der Waals surface area contributed by atoms with E-state index < -0.39 is 17.7 Å². The number of carbonyl (C=O) groups is 2. The fourth-order valence-electron chi connectivity index (χ4n) is 4.95. The van der Waals surface area contributed by atoms with Gasteiger partial charge in [0.05, 0.1) is 31.4 Å². The maximum absolute atomic E-state index is 13.5. The molecule has 1 N–H and O–H groups in total. The number of ketones is 1. The van der Waals surface area contributed by atoms with Crippen LogP contribution in [-0.2, 0) is 9.59 Å². The minimum atomic E-state index is -0.758. The molecule has 0 spiro atoms. The summed E-state index contributed by atoms with van der Waals surface area (Å²) in [5.74, 6) is 0.334. The van der Waals surface area contributed by atoms with Crippen molar-refractivity contribution in [3.05, 3.63) is 59.2 Å². The average molecular weight is 567 g/mol. The molecule has 8 heteroatoms. The molecular formula is C33H46N2O6. The van der Waals surface area contributed by atoms with Gasteiger partial charge in [-0.15, -0.1) is 0 Å². The van der Waals surface area contributed by atoms with Crippen LogP contribution < -0.4 is 14.2 Å². The van der Waals surface area contributed by atoms with Crippen LogP contribution in [0.1, 0.15) is 77.5 Å². The average Bonchev–Trinajstić information content (AvgIpc) is 3.24. The van der Waals surface area contributed by atoms with Crippen molar-refractivity contribution < 1.29 is 28.9 Å². The Morgan fingerprint density at radius 2 is 1.59 bits per heavy atom. The molecule has 0 bridgehead atoms. The van der Waals surface area contributed by atoms with E-state index >= 15 is 0 Å². The summed E-state index contributed by atoms with van der Waals surface area (Å²) in [4.78, 5) is 30.8. The standard InChI is InChI=1S/C33H46N2O6/c1-6-11-22-41-27-18-15-25(23-28(27)39-10-5)30-29(31(36)24-13-16-26(17-14-24)40-21-7-2)32(37)33(38)35(30)20-12-19-34(8-3)9-4/h13-18,23,30,36H,6-12,19-22H2,1-5H3. The van der Waals surface area contributed by atoms with Gasteiger partial charge in [0, 0.05) is 12.1 Å². The van der Waals surface area contributed by atoms with Crippen LogP contribution >= 0.6 is 0 Å². The van der Waals surface area contributed by atoms with Gasteiger partial charge in [-0.05, 0) is 87.8 Å². The van der Waals surface area contributed by atoms with Gasteiger partial charge in [0.15, 0.2) is 11.5 Å². The largest absolute Gasteiger partial charge is 0.507 e. The number of likely N-dealkylation sites (tertiary alicyclic amines) is 1. The van der Waals surface area contributed by atoms with Gasteiger partial charge < -0.3 is 29.1 Å². The summed E-state index contributed by atoms with van der Waals surface area (Å²) in [6.07, 6.45) is 3.51. The minimum absolute atomic E-state index is 0.0714. The van der Waals surface area contributed by atoms with Crippen LogP contribution in [0.25, 0.3) is 5.76 Å². The topological polar surface area (TPSA) is 88.5 Å². The third-order valence-corrected chi connectivity index (χ3v) is 7.25. The Balaban J connectivity index is 2.05. The number of nitrogens with zero attached hydrogens (tertiary/aromatic N) is 2. The summed E-state index contributed by atoms with van der Waals surface area (Å²) in [6.45, 7) is 14.8. The number of benzene rings is 2. The molecule has 8 nitrogen and oxygen atoms in total. The predicted molar refractivity (Wildman–Crippen MR) is 162 cm³/mol. The predicted octanol–water partition coefficient (Wildman–Crippen LogP) is 6.21. The van der Waals surface area contributed by atoms with Gasteiger partial charge in [0.1, 0.15) is 11.5 Å². The number of Topliss-reactive ketones (excluding diaryl/α,β-unsaturated/α-hetero) is 1. The van der Waals surface area contributed by atoms with Crippen LogP contribution in [0.2, 0.25) is 0 Å². The summed E-state index contributed by atoms with van der Waals surface area (Å²) in [5, 5.41) is 11.5. The lowest BCUT2D eigenvalue weighted by Gasteiger charge is -2.27. The van der Waals surface area contributed by atoms with Crippen molar-refractivity contribution in [1.82, 2.24) is 9.80 Å². The van der Waals surface area contributed by atoms with E-state index in [9.17, 15) is 14.7 Å². The fourth-order valence-corrected chi connectivity index (χ4v) is 4.95. The Morgan fingerprint density at radius 1 is 0.854 bits per heavy atom. The number of aliphatic hydroxyl groups excluding tert-OH is 1. The van der Waals surface area contributed by atoms with Crippen LogP contribution in [0, 0.1) is 0 Å². The Morgan fingerprint density at radius 3 is 2.22 bits per heavy atom. The molecule has 1 fully saturated rings. The lowest BCUT2D eigenvalue weighted by Crippen LogP contribution is -2.33. The van der Waals surface area contributed by atoms with E-state index in [1.54, 1.807) is 29.2 Å². The monoisotopic (exact) mass is 566 g/mol. The van der Waals surface area contributed by atoms with Crippen molar-refractivity contribution in [2.45, 2.75) is 66.3 Å². The van der Waals surface area contributed by atoms with E-state index in [0.29, 0.717) is 61.2 Å². The Labute approximate surface area is 244 Å². The summed E-state index contributed by atoms with van der Waals surface area (Å²) in [6, 6.07) is 11.7. The second kappa shape index (κ2) is 16.1. The molecule has 0 aliphatic carbocycles. The molecule has 1 saturated heterocycles. The highest BCUT2D eigenvalue weighted by Gasteiger charge is 2.46. The van der Waals surface area contributed by atoms with Gasteiger partial charge >= 0.3 is 0 Å². The van der Waals surface area contributed by atoms with Crippen LogP contribution in [0.5, 0.6) is 17.2 Å². The number of ether oxygens (including phenoxy) is 3. The van der Waals surface area contributed by atoms with E-state index in [0.717, 1.165) is 38.9 Å². The summed E-state index contributed by atoms with van der Waals surface area (Å²) < 4.78 is 17.5. The first kappa shape index (κ1) is 32.0. The smallest absolute Gasteiger partial charge is 0.295 e. The van der Waals surface area contributed by atoms with E-state index in [-0.39, 0.29) is 11.3 Å². The third kappa shape index (κ3) is 8.03. The van der Waals surface area contributed by atoms with Gasteiger partial charge in [0.25, 0.3) is 11.7 Å². The number of rotatable bonds is 17. The zero-order valence-corrected chi connectivity index (χ0v) is 25.3. The molecule has 2 aromatic carbocycles. The molecule has 1 unspecified atom stereocenters. The minimum Gasteiger partial charge on any atom is -0.507 e. The molecule has 0 aromatic heterocycles. The van der Waals surface area contributed by atoms with E-state index in [1.165, 1.54) is 0 Å². The van der Waals surface area contributed by atoms with E-state index in [1.807, 2.05) is 32.0 Å². The Hall–Kier alpha value is -3.52. The second-order valence-corrected chi connectivity index (χ2v) is 10.1. The number of aliphatic hydroxyl groups is 1. The SMILES string of the molecule is CCCCOc1ccc(C2C(=C(O)c3ccc(OCCC)cc3)C(=O)C(=O)N2CCCN(CC)CC)cc1OCC. The molecule has 0 radical (unpaired) electrons. The summed E-state index contributed by atoms with van der Waals surface area (Å²) in [5.41, 5.74) is 1.20. The quantitative estimate of drug-likeness (QED) is 0.105. The van der Waals surface area contributed by atoms with Gasteiger partial charge in [-0.2, -0.15) is 0 Å². The highest BCUT2D eigenvalue weighted by atomic mass is 16.5. The number of amides is 1. The molecule has 0 saturated carbocycles. The highest BCUT2D eigenvalue weighted by Crippen LogP contribution is 2.42. The maximum atomic E-state index is 13.5. The van der Waals surface area contributed by atoms with Crippen LogP contribution in [0.15, 0.2) is 48.0 Å². The first-order valence-corrected chi connectivity index (χ1v) is 15.0. The molecule has 1 aliphatic heterocycles. The van der Waals surface area contributed by atoms with E-state index in [4.69, 9.17) is 14.2 Å². The summed E-state index contributed by atoms with van der Waals surface area (Å²) >= 11 is 0. The molecule has 1 heterocycles. The zero-order valence-electron chi connectivity index (χ0n) is 25.3. The number of unbranched alkanes of at least 4 members (excludes halogenated alkanes) is 1. The lowest BCUT2D eigenvalue weighted by molar-refractivity contribution is -0.140. The van der Waals surface area contributed by atoms with Gasteiger partial charge in [-0.3, -0.25) is 9.59 Å². The van der Waals surface area contributed by atoms with Crippen molar-refractivity contribution in [3.63, 3.8) is 0 Å². The highest BCUT2D eigenvalue weighted by molar-refractivity contribution is 6.46. The molecule has 3 rings (SSSR count). The number of hydrogen-bond donors (Lipinski definition) is 1. The maximum Gasteiger partial charge on any atom is 0.295 e. The first-order chi connectivity index (χ1) is 19.9. The second-order valence-electron chi connectivity index (χ2n) is 10.1. The lowest BCUT2D eigenvalue weighted by atomic mass is 9.95. The summed E-state index contributed by atoms with van der Waals surface area (Å²) in [7, 11) is 0. The van der Waals surface area contributed by atoms with Crippen LogP contribution in [0.3, 0.4) is 0 Å². The van der Waals surface area contributed by atoms with Gasteiger partial charge in [-0.25, -0.2) is 0 Å². The molecule has 224 valence electrons. The Bertz CT molecular complexity index is 1170. The van der Waals surface area contributed by atoms with E-state index in [2.05, 4.69) is 25.7 Å². The van der Waals surface area contributed by atoms with Crippen molar-refractivity contribution in [1.29, 1.82) is 0 Å². The Kier molecular flexibility index (Phi) is 12.5. The van der Waals surface area contributed by atoms with Gasteiger partial charge in [0.2, 0.25) is 0 Å². The molecule has 41 heavy (non-hydrogen) atoms. The van der Waals surface area contributed by atoms with Crippen LogP contribution in [0.4, 0.5) is 0 Å². The molecular weight excluding hydrogens is 520 g/mol. The molecule has 1 amide bonds. The normalized spacial score (nSPS) is 16.4. The van der Waals surface area contributed by atoms with Crippen molar-refractivity contribution in [2.75, 3.05) is 46.0 Å². The molecule has 1 atom stereocenters. The van der Waals surface area contributed by atoms with Crippen molar-refractivity contribution >= 4 is 17.4 Å².